The highest BCUT2D eigenvalue weighted by molar-refractivity contribution is 5.79. The van der Waals surface area contributed by atoms with E-state index in [0.717, 1.165) is 18.8 Å². The van der Waals surface area contributed by atoms with Crippen LogP contribution in [0.15, 0.2) is 17.4 Å². The predicted octanol–water partition coefficient (Wildman–Crippen LogP) is 0.521. The number of nitrogens with zero attached hydrogens (tertiary/aromatic N) is 4. The zero-order chi connectivity index (χ0) is 12.3. The fourth-order valence-corrected chi connectivity index (χ4v) is 1.89. The van der Waals surface area contributed by atoms with Gasteiger partial charge in [-0.25, -0.2) is 0 Å². The summed E-state index contributed by atoms with van der Waals surface area (Å²) in [4.78, 5) is 2.35. The molecule has 17 heavy (non-hydrogen) atoms. The molecule has 1 fully saturated rings. The van der Waals surface area contributed by atoms with E-state index < -0.39 is 0 Å². The van der Waals surface area contributed by atoms with Crippen molar-refractivity contribution in [1.29, 1.82) is 0 Å². The summed E-state index contributed by atoms with van der Waals surface area (Å²) in [6, 6.07) is 2.67. The quantitative estimate of drug-likeness (QED) is 0.327. The Bertz CT molecular complexity index is 396. The van der Waals surface area contributed by atoms with Gasteiger partial charge in [0.2, 0.25) is 0 Å². The van der Waals surface area contributed by atoms with E-state index in [-0.39, 0.29) is 5.84 Å². The van der Waals surface area contributed by atoms with Gasteiger partial charge in [0.25, 0.3) is 0 Å². The first-order valence-corrected chi connectivity index (χ1v) is 5.88. The van der Waals surface area contributed by atoms with Gasteiger partial charge in [-0.1, -0.05) is 5.16 Å². The smallest absolute Gasteiger partial charge is 0.140 e. The van der Waals surface area contributed by atoms with E-state index in [9.17, 15) is 0 Å². The number of amidine groups is 1. The second-order valence-corrected chi connectivity index (χ2v) is 4.52. The Labute approximate surface area is 101 Å². The summed E-state index contributed by atoms with van der Waals surface area (Å²) in [6.45, 7) is 1.65. The van der Waals surface area contributed by atoms with E-state index in [2.05, 4.69) is 15.2 Å². The van der Waals surface area contributed by atoms with E-state index in [1.807, 2.05) is 24.0 Å². The summed E-state index contributed by atoms with van der Waals surface area (Å²) in [7, 11) is 1.92. The van der Waals surface area contributed by atoms with Crippen LogP contribution in [0.25, 0.3) is 0 Å². The summed E-state index contributed by atoms with van der Waals surface area (Å²) >= 11 is 0. The first-order valence-electron chi connectivity index (χ1n) is 5.88. The lowest BCUT2D eigenvalue weighted by Gasteiger charge is -2.20. The second-order valence-electron chi connectivity index (χ2n) is 4.52. The zero-order valence-electron chi connectivity index (χ0n) is 10.1. The Hall–Kier alpha value is -1.56. The monoisotopic (exact) mass is 237 g/mol. The van der Waals surface area contributed by atoms with E-state index >= 15 is 0 Å². The van der Waals surface area contributed by atoms with Gasteiger partial charge in [-0.05, 0) is 18.9 Å². The summed E-state index contributed by atoms with van der Waals surface area (Å²) in [5.41, 5.74) is 6.56. The molecule has 1 aliphatic carbocycles. The van der Waals surface area contributed by atoms with Crippen molar-refractivity contribution in [2.75, 3.05) is 6.54 Å². The van der Waals surface area contributed by atoms with Crippen LogP contribution in [-0.2, 0) is 13.6 Å². The highest BCUT2D eigenvalue weighted by Crippen LogP contribution is 2.28. The molecule has 2 rings (SSSR count). The molecule has 0 aliphatic heterocycles. The molecular formula is C11H19N5O. The van der Waals surface area contributed by atoms with Crippen molar-refractivity contribution >= 4 is 5.84 Å². The third kappa shape index (κ3) is 3.45. The highest BCUT2D eigenvalue weighted by atomic mass is 16.4. The van der Waals surface area contributed by atoms with Crippen molar-refractivity contribution in [2.45, 2.75) is 31.8 Å². The zero-order valence-corrected chi connectivity index (χ0v) is 10.1. The van der Waals surface area contributed by atoms with Gasteiger partial charge in [-0.2, -0.15) is 5.10 Å². The molecule has 6 heteroatoms. The minimum absolute atomic E-state index is 0.289. The Kier molecular flexibility index (Phi) is 3.63. The number of hydrogen-bond donors (Lipinski definition) is 2. The van der Waals surface area contributed by atoms with Crippen molar-refractivity contribution in [2.24, 2.45) is 17.9 Å². The molecule has 0 amide bonds. The van der Waals surface area contributed by atoms with Crippen LogP contribution in [0.2, 0.25) is 0 Å². The van der Waals surface area contributed by atoms with Gasteiger partial charge in [-0.3, -0.25) is 9.58 Å². The van der Waals surface area contributed by atoms with Gasteiger partial charge < -0.3 is 10.9 Å². The molecule has 0 saturated heterocycles. The molecule has 0 bridgehead atoms. The fraction of sp³-hybridized carbons (Fsp3) is 0.636. The van der Waals surface area contributed by atoms with Crippen molar-refractivity contribution in [1.82, 2.24) is 14.7 Å². The number of oxime groups is 1. The standard InChI is InChI=1S/C11H19N5O/c1-15-6-4-9(13-15)8-16(10-2-3-10)7-5-11(12)14-17/h4,6,10,17H,2-3,5,7-8H2,1H3,(H2,12,14). The van der Waals surface area contributed by atoms with Crippen LogP contribution in [-0.4, -0.2) is 38.3 Å². The maximum Gasteiger partial charge on any atom is 0.140 e. The summed E-state index contributed by atoms with van der Waals surface area (Å²) in [6.07, 6.45) is 5.02. The number of rotatable bonds is 6. The molecule has 1 saturated carbocycles. The van der Waals surface area contributed by atoms with Gasteiger partial charge in [0, 0.05) is 38.8 Å². The highest BCUT2D eigenvalue weighted by Gasteiger charge is 2.29. The van der Waals surface area contributed by atoms with Crippen LogP contribution < -0.4 is 5.73 Å². The lowest BCUT2D eigenvalue weighted by atomic mass is 10.3. The van der Waals surface area contributed by atoms with Gasteiger partial charge >= 0.3 is 0 Å². The minimum atomic E-state index is 0.289. The Balaban J connectivity index is 1.89. The van der Waals surface area contributed by atoms with Gasteiger partial charge in [-0.15, -0.1) is 0 Å². The fourth-order valence-electron chi connectivity index (χ4n) is 1.89. The molecule has 0 aromatic carbocycles. The van der Waals surface area contributed by atoms with Crippen LogP contribution in [0.5, 0.6) is 0 Å². The van der Waals surface area contributed by atoms with E-state index in [1.165, 1.54) is 12.8 Å². The average Bonchev–Trinajstić information content (AvgIpc) is 3.08. The second kappa shape index (κ2) is 5.18. The SMILES string of the molecule is Cn1ccc(CN(CC/C(N)=N/O)C2CC2)n1. The van der Waals surface area contributed by atoms with E-state index in [4.69, 9.17) is 10.9 Å². The van der Waals surface area contributed by atoms with Crippen LogP contribution in [0.3, 0.4) is 0 Å². The molecule has 1 aromatic heterocycles. The minimum Gasteiger partial charge on any atom is -0.409 e. The Morgan fingerprint density at radius 2 is 2.47 bits per heavy atom. The average molecular weight is 237 g/mol. The lowest BCUT2D eigenvalue weighted by molar-refractivity contribution is 0.256. The van der Waals surface area contributed by atoms with Gasteiger partial charge in [0.15, 0.2) is 0 Å². The van der Waals surface area contributed by atoms with Crippen molar-refractivity contribution in [3.05, 3.63) is 18.0 Å². The van der Waals surface area contributed by atoms with Crippen molar-refractivity contribution < 1.29 is 5.21 Å². The molecule has 1 heterocycles. The predicted molar refractivity (Wildman–Crippen MR) is 64.7 cm³/mol. The maximum absolute atomic E-state index is 8.52. The molecule has 1 aliphatic rings. The first kappa shape index (κ1) is 11.9. The van der Waals surface area contributed by atoms with Crippen LogP contribution in [0, 0.1) is 0 Å². The first-order chi connectivity index (χ1) is 8.19. The molecule has 94 valence electrons. The van der Waals surface area contributed by atoms with Crippen LogP contribution >= 0.6 is 0 Å². The number of aryl methyl sites for hydroxylation is 1. The number of hydrogen-bond acceptors (Lipinski definition) is 4. The largest absolute Gasteiger partial charge is 0.409 e. The third-order valence-corrected chi connectivity index (χ3v) is 2.98. The van der Waals surface area contributed by atoms with E-state index in [1.54, 1.807) is 0 Å². The van der Waals surface area contributed by atoms with Crippen molar-refractivity contribution in [3.63, 3.8) is 0 Å². The molecule has 3 N–H and O–H groups in total. The van der Waals surface area contributed by atoms with Crippen LogP contribution in [0.4, 0.5) is 0 Å². The topological polar surface area (TPSA) is 79.7 Å². The lowest BCUT2D eigenvalue weighted by Crippen LogP contribution is -2.30. The summed E-state index contributed by atoms with van der Waals surface area (Å²) in [5.74, 6) is 0.289. The normalized spacial score (nSPS) is 16.7. The van der Waals surface area contributed by atoms with Crippen LogP contribution in [0.1, 0.15) is 25.0 Å². The van der Waals surface area contributed by atoms with Crippen molar-refractivity contribution in [3.8, 4) is 0 Å². The Morgan fingerprint density at radius 3 is 3.00 bits per heavy atom. The Morgan fingerprint density at radius 1 is 1.71 bits per heavy atom. The molecule has 0 unspecified atom stereocenters. The molecular weight excluding hydrogens is 218 g/mol. The van der Waals surface area contributed by atoms with Gasteiger partial charge in [0.05, 0.1) is 5.69 Å². The maximum atomic E-state index is 8.52. The third-order valence-electron chi connectivity index (χ3n) is 2.98. The summed E-state index contributed by atoms with van der Waals surface area (Å²) < 4.78 is 1.81. The molecule has 0 atom stereocenters. The van der Waals surface area contributed by atoms with E-state index in [0.29, 0.717) is 12.5 Å². The molecule has 6 nitrogen and oxygen atoms in total. The number of nitrogens with two attached hydrogens (primary N) is 1. The van der Waals surface area contributed by atoms with Gasteiger partial charge in [0.1, 0.15) is 5.84 Å². The summed E-state index contributed by atoms with van der Waals surface area (Å²) in [5, 5.41) is 15.9. The molecule has 0 radical (unpaired) electrons. The number of aromatic nitrogens is 2. The molecule has 0 spiro atoms. The molecule has 1 aromatic rings.